The monoisotopic (exact) mass is 555 g/mol. The second-order valence-corrected chi connectivity index (χ2v) is 7.99. The zero-order valence-electron chi connectivity index (χ0n) is 18.2. The fourth-order valence-electron chi connectivity index (χ4n) is 3.80. The average Bonchev–Trinajstić information content (AvgIpc) is 3.12. The Morgan fingerprint density at radius 1 is 1.23 bits per heavy atom. The molecule has 2 aliphatic rings. The van der Waals surface area contributed by atoms with Gasteiger partial charge in [-0.1, -0.05) is 0 Å². The molecule has 1 atom stereocenters. The highest BCUT2D eigenvalue weighted by atomic mass is 127. The summed E-state index contributed by atoms with van der Waals surface area (Å²) in [4.78, 5) is 15.2. The van der Waals surface area contributed by atoms with Gasteiger partial charge in [-0.15, -0.1) is 24.0 Å². The largest absolute Gasteiger partial charge is 0.401 e. The Bertz CT molecular complexity index is 708. The van der Waals surface area contributed by atoms with E-state index in [1.807, 2.05) is 19.2 Å². The van der Waals surface area contributed by atoms with E-state index >= 15 is 0 Å². The first-order valence-corrected chi connectivity index (χ1v) is 10.5. The molecule has 0 bridgehead atoms. The summed E-state index contributed by atoms with van der Waals surface area (Å²) in [6.45, 7) is 7.04. The molecule has 0 radical (unpaired) electrons. The van der Waals surface area contributed by atoms with Gasteiger partial charge < -0.3 is 20.4 Å². The molecule has 0 aromatic carbocycles. The maximum Gasteiger partial charge on any atom is 0.401 e. The van der Waals surface area contributed by atoms with Gasteiger partial charge in [0.1, 0.15) is 5.82 Å². The van der Waals surface area contributed by atoms with Crippen LogP contribution >= 0.6 is 24.0 Å². The van der Waals surface area contributed by atoms with Crippen molar-refractivity contribution in [2.75, 3.05) is 64.3 Å². The van der Waals surface area contributed by atoms with Crippen LogP contribution in [-0.2, 0) is 6.54 Å². The first-order chi connectivity index (χ1) is 14.3. The lowest BCUT2D eigenvalue weighted by Crippen LogP contribution is -2.45. The van der Waals surface area contributed by atoms with Crippen molar-refractivity contribution >= 4 is 35.8 Å². The molecule has 2 fully saturated rings. The number of nitrogens with one attached hydrogen (secondary N) is 2. The van der Waals surface area contributed by atoms with E-state index in [1.54, 1.807) is 0 Å². The van der Waals surface area contributed by atoms with Gasteiger partial charge in [-0.05, 0) is 38.1 Å². The van der Waals surface area contributed by atoms with Gasteiger partial charge in [0.15, 0.2) is 5.96 Å². The number of aromatic nitrogens is 1. The highest BCUT2D eigenvalue weighted by Crippen LogP contribution is 2.20. The van der Waals surface area contributed by atoms with E-state index in [2.05, 4.69) is 43.5 Å². The van der Waals surface area contributed by atoms with E-state index in [9.17, 15) is 13.2 Å². The Morgan fingerprint density at radius 3 is 2.65 bits per heavy atom. The zero-order chi connectivity index (χ0) is 21.6. The zero-order valence-corrected chi connectivity index (χ0v) is 20.5. The van der Waals surface area contributed by atoms with E-state index in [0.717, 1.165) is 37.6 Å². The van der Waals surface area contributed by atoms with Crippen molar-refractivity contribution in [2.45, 2.75) is 32.1 Å². The SMILES string of the molecule is CCNC(=NCc1ccnc(N2CCN(C)CC2)c1)NC1CCN(CC(F)(F)F)C1.I. The van der Waals surface area contributed by atoms with Crippen molar-refractivity contribution in [3.63, 3.8) is 0 Å². The summed E-state index contributed by atoms with van der Waals surface area (Å²) in [5, 5.41) is 6.48. The standard InChI is InChI=1S/C20H32F3N7.HI/c1-3-24-19(27-17-5-7-29(14-17)15-20(21,22)23)26-13-16-4-6-25-18(12-16)30-10-8-28(2)9-11-30;/h4,6,12,17H,3,5,7-11,13-15H2,1-2H3,(H2,24,26,27);1H. The van der Waals surface area contributed by atoms with Crippen LogP contribution in [0.25, 0.3) is 0 Å². The van der Waals surface area contributed by atoms with Crippen LogP contribution in [0.3, 0.4) is 0 Å². The molecule has 1 unspecified atom stereocenters. The molecular weight excluding hydrogens is 522 g/mol. The third-order valence-corrected chi connectivity index (χ3v) is 5.42. The summed E-state index contributed by atoms with van der Waals surface area (Å²) in [5.74, 6) is 1.60. The second kappa shape index (κ2) is 12.0. The predicted octanol–water partition coefficient (Wildman–Crippen LogP) is 2.14. The lowest BCUT2D eigenvalue weighted by atomic mass is 10.2. The van der Waals surface area contributed by atoms with Crippen LogP contribution in [-0.4, -0.2) is 92.4 Å². The number of pyridine rings is 1. The molecule has 11 heteroatoms. The number of rotatable bonds is 6. The van der Waals surface area contributed by atoms with Gasteiger partial charge in [-0.3, -0.25) is 4.90 Å². The molecule has 3 rings (SSSR count). The van der Waals surface area contributed by atoms with Gasteiger partial charge in [-0.25, -0.2) is 9.98 Å². The average molecular weight is 555 g/mol. The van der Waals surface area contributed by atoms with E-state index in [0.29, 0.717) is 38.6 Å². The molecule has 31 heavy (non-hydrogen) atoms. The first kappa shape index (κ1) is 25.9. The molecule has 1 aromatic heterocycles. The number of anilines is 1. The van der Waals surface area contributed by atoms with Crippen LogP contribution < -0.4 is 15.5 Å². The number of halogens is 4. The number of alkyl halides is 3. The Labute approximate surface area is 199 Å². The molecule has 176 valence electrons. The van der Waals surface area contributed by atoms with Gasteiger partial charge in [0.25, 0.3) is 0 Å². The molecule has 7 nitrogen and oxygen atoms in total. The van der Waals surface area contributed by atoms with Crippen molar-refractivity contribution in [1.82, 2.24) is 25.4 Å². The number of aliphatic imine (C=N–C) groups is 1. The molecule has 0 saturated carbocycles. The van der Waals surface area contributed by atoms with Crippen LogP contribution in [0.15, 0.2) is 23.3 Å². The minimum Gasteiger partial charge on any atom is -0.357 e. The Hall–Kier alpha value is -1.34. The number of hydrogen-bond acceptors (Lipinski definition) is 5. The van der Waals surface area contributed by atoms with Gasteiger partial charge >= 0.3 is 6.18 Å². The van der Waals surface area contributed by atoms with Crippen LogP contribution in [0.4, 0.5) is 19.0 Å². The summed E-state index contributed by atoms with van der Waals surface area (Å²) in [5.41, 5.74) is 1.06. The third-order valence-electron chi connectivity index (χ3n) is 5.42. The van der Waals surface area contributed by atoms with Crippen molar-refractivity contribution in [2.24, 2.45) is 4.99 Å². The van der Waals surface area contributed by atoms with E-state index < -0.39 is 12.7 Å². The van der Waals surface area contributed by atoms with E-state index in [-0.39, 0.29) is 30.0 Å². The molecule has 0 spiro atoms. The lowest BCUT2D eigenvalue weighted by Gasteiger charge is -2.33. The second-order valence-electron chi connectivity index (χ2n) is 7.99. The molecule has 1 aromatic rings. The maximum atomic E-state index is 12.6. The van der Waals surface area contributed by atoms with E-state index in [1.165, 1.54) is 4.90 Å². The van der Waals surface area contributed by atoms with E-state index in [4.69, 9.17) is 0 Å². The van der Waals surface area contributed by atoms with Crippen LogP contribution in [0.2, 0.25) is 0 Å². The number of piperazine rings is 1. The normalized spacial score (nSPS) is 21.1. The molecular formula is C20H33F3IN7. The van der Waals surface area contributed by atoms with Gasteiger partial charge in [0.2, 0.25) is 0 Å². The molecule has 3 heterocycles. The van der Waals surface area contributed by atoms with Crippen LogP contribution in [0.5, 0.6) is 0 Å². The minimum atomic E-state index is -4.16. The summed E-state index contributed by atoms with van der Waals surface area (Å²) in [6.07, 6.45) is -1.68. The third kappa shape index (κ3) is 8.60. The van der Waals surface area contributed by atoms with Crippen molar-refractivity contribution < 1.29 is 13.2 Å². The molecule has 0 amide bonds. The molecule has 0 aliphatic carbocycles. The van der Waals surface area contributed by atoms with Gasteiger partial charge in [-0.2, -0.15) is 13.2 Å². The number of likely N-dealkylation sites (N-methyl/N-ethyl adjacent to an activating group) is 1. The number of nitrogens with zero attached hydrogens (tertiary/aromatic N) is 5. The summed E-state index contributed by atoms with van der Waals surface area (Å²) < 4.78 is 37.8. The number of hydrogen-bond donors (Lipinski definition) is 2. The van der Waals surface area contributed by atoms with Gasteiger partial charge in [0, 0.05) is 58.1 Å². The molecule has 2 N–H and O–H groups in total. The van der Waals surface area contributed by atoms with Crippen molar-refractivity contribution in [1.29, 1.82) is 0 Å². The fourth-order valence-corrected chi connectivity index (χ4v) is 3.80. The van der Waals surface area contributed by atoms with Gasteiger partial charge in [0.05, 0.1) is 13.1 Å². The maximum absolute atomic E-state index is 12.6. The van der Waals surface area contributed by atoms with Crippen molar-refractivity contribution in [3.8, 4) is 0 Å². The Balaban J connectivity index is 0.00000341. The highest BCUT2D eigenvalue weighted by Gasteiger charge is 2.34. The topological polar surface area (TPSA) is 59.0 Å². The lowest BCUT2D eigenvalue weighted by molar-refractivity contribution is -0.143. The predicted molar refractivity (Wildman–Crippen MR) is 128 cm³/mol. The van der Waals surface area contributed by atoms with Crippen LogP contribution in [0.1, 0.15) is 18.9 Å². The summed E-state index contributed by atoms with van der Waals surface area (Å²) in [6, 6.07) is 3.98. The minimum absolute atomic E-state index is 0. The summed E-state index contributed by atoms with van der Waals surface area (Å²) >= 11 is 0. The molecule has 2 saturated heterocycles. The Morgan fingerprint density at radius 2 is 1.97 bits per heavy atom. The summed E-state index contributed by atoms with van der Waals surface area (Å²) in [7, 11) is 2.12. The molecule has 2 aliphatic heterocycles. The number of likely N-dealkylation sites (tertiary alicyclic amines) is 1. The first-order valence-electron chi connectivity index (χ1n) is 10.5. The highest BCUT2D eigenvalue weighted by molar-refractivity contribution is 14.0. The van der Waals surface area contributed by atoms with Crippen molar-refractivity contribution in [3.05, 3.63) is 23.9 Å². The number of guanidine groups is 1. The Kier molecular flexibility index (Phi) is 10.1. The quantitative estimate of drug-likeness (QED) is 0.319. The fraction of sp³-hybridized carbons (Fsp3) is 0.700. The van der Waals surface area contributed by atoms with Crippen LogP contribution in [0, 0.1) is 0 Å². The smallest absolute Gasteiger partial charge is 0.357 e.